The number of hydroxylamine groups is 1. The maximum Gasteiger partial charge on any atom is 0.209 e. The molecule has 2 atom stereocenters. The summed E-state index contributed by atoms with van der Waals surface area (Å²) in [6.07, 6.45) is 7.69. The average molecular weight is 551 g/mol. The molecule has 1 fully saturated rings. The van der Waals surface area contributed by atoms with E-state index in [1.807, 2.05) is 43.3 Å². The van der Waals surface area contributed by atoms with Crippen LogP contribution in [0.15, 0.2) is 70.2 Å². The number of aldehydes is 1. The minimum atomic E-state index is -0.715. The fourth-order valence-corrected chi connectivity index (χ4v) is 4.33. The van der Waals surface area contributed by atoms with Gasteiger partial charge in [-0.05, 0) is 62.1 Å². The molecule has 6 nitrogen and oxygen atoms in total. The van der Waals surface area contributed by atoms with Gasteiger partial charge in [-0.25, -0.2) is 14.2 Å². The number of hydrogen-bond acceptors (Lipinski definition) is 6. The van der Waals surface area contributed by atoms with Crippen LogP contribution in [-0.2, 0) is 15.4 Å². The first kappa shape index (κ1) is 33.0. The third-order valence-corrected chi connectivity index (χ3v) is 6.61. The summed E-state index contributed by atoms with van der Waals surface area (Å²) >= 11 is 0. The van der Waals surface area contributed by atoms with Crippen LogP contribution < -0.4 is 5.48 Å². The number of allylic oxidation sites excluding steroid dienone is 1. The molecule has 7 heteroatoms. The number of rotatable bonds is 5. The van der Waals surface area contributed by atoms with Gasteiger partial charge in [0.1, 0.15) is 18.4 Å². The first-order valence-electron chi connectivity index (χ1n) is 14.3. The van der Waals surface area contributed by atoms with E-state index >= 15 is 0 Å². The van der Waals surface area contributed by atoms with Crippen LogP contribution in [0.3, 0.4) is 0 Å². The number of hydrogen-bond donors (Lipinski definition) is 1. The highest BCUT2D eigenvalue weighted by atomic mass is 19.1. The zero-order valence-corrected chi connectivity index (χ0v) is 25.3. The van der Waals surface area contributed by atoms with Crippen molar-refractivity contribution in [3.8, 4) is 11.1 Å². The first-order chi connectivity index (χ1) is 19.1. The SMILES string of the molecule is CC(C)C1=NCC(CC=O)=C1.CC1(c2ccc(-c3ccccc3F)cc2)N=CNO1.CC1CCN(C)C1.CCC. The summed E-state index contributed by atoms with van der Waals surface area (Å²) in [6, 6.07) is 14.3. The highest BCUT2D eigenvalue weighted by Crippen LogP contribution is 2.30. The lowest BCUT2D eigenvalue weighted by atomic mass is 9.99. The molecule has 2 aromatic carbocycles. The van der Waals surface area contributed by atoms with Crippen molar-refractivity contribution in [1.82, 2.24) is 10.4 Å². The Hall–Kier alpha value is -3.16. The summed E-state index contributed by atoms with van der Waals surface area (Å²) in [4.78, 5) is 26.4. The normalized spacial score (nSPS) is 21.2. The summed E-state index contributed by atoms with van der Waals surface area (Å²) in [6.45, 7) is 16.0. The highest BCUT2D eigenvalue weighted by molar-refractivity contribution is 5.99. The van der Waals surface area contributed by atoms with Crippen molar-refractivity contribution in [2.45, 2.75) is 66.5 Å². The van der Waals surface area contributed by atoms with E-state index in [-0.39, 0.29) is 5.82 Å². The third-order valence-electron chi connectivity index (χ3n) is 6.61. The monoisotopic (exact) mass is 550 g/mol. The number of benzene rings is 2. The highest BCUT2D eigenvalue weighted by Gasteiger charge is 2.29. The molecule has 3 aliphatic heterocycles. The molecule has 3 heterocycles. The van der Waals surface area contributed by atoms with Crippen LogP contribution in [0.1, 0.15) is 66.4 Å². The van der Waals surface area contributed by atoms with Crippen molar-refractivity contribution in [2.75, 3.05) is 26.7 Å². The van der Waals surface area contributed by atoms with Gasteiger partial charge in [-0.2, -0.15) is 0 Å². The Bertz CT molecular complexity index is 1140. The number of likely N-dealkylation sites (tertiary alicyclic amines) is 1. The molecule has 5 rings (SSSR count). The van der Waals surface area contributed by atoms with Crippen molar-refractivity contribution < 1.29 is 14.0 Å². The molecule has 0 bridgehead atoms. The Balaban J connectivity index is 0.000000225. The second kappa shape index (κ2) is 16.8. The van der Waals surface area contributed by atoms with E-state index in [0.29, 0.717) is 17.9 Å². The van der Waals surface area contributed by atoms with E-state index in [0.717, 1.165) is 41.2 Å². The summed E-state index contributed by atoms with van der Waals surface area (Å²) in [5, 5.41) is 0. The fraction of sp³-hybridized carbons (Fsp3) is 0.485. The van der Waals surface area contributed by atoms with E-state index in [2.05, 4.69) is 62.0 Å². The van der Waals surface area contributed by atoms with Crippen LogP contribution in [-0.4, -0.2) is 49.9 Å². The van der Waals surface area contributed by atoms with Crippen LogP contribution in [0, 0.1) is 17.7 Å². The molecular formula is C33H47FN4O2. The molecule has 2 aromatic rings. The maximum absolute atomic E-state index is 13.7. The minimum absolute atomic E-state index is 0.224. The third kappa shape index (κ3) is 10.4. The second-order valence-corrected chi connectivity index (χ2v) is 11.0. The van der Waals surface area contributed by atoms with Crippen LogP contribution >= 0.6 is 0 Å². The number of aliphatic imine (C=N–C) groups is 2. The Labute approximate surface area is 240 Å². The Morgan fingerprint density at radius 1 is 1.18 bits per heavy atom. The Morgan fingerprint density at radius 3 is 2.30 bits per heavy atom. The molecule has 1 saturated heterocycles. The van der Waals surface area contributed by atoms with Gasteiger partial charge < -0.3 is 9.69 Å². The second-order valence-electron chi connectivity index (χ2n) is 11.0. The fourth-order valence-electron chi connectivity index (χ4n) is 4.33. The molecule has 0 spiro atoms. The Morgan fingerprint density at radius 2 is 1.85 bits per heavy atom. The zero-order valence-electron chi connectivity index (χ0n) is 25.3. The van der Waals surface area contributed by atoms with Crippen LogP contribution in [0.4, 0.5) is 4.39 Å². The summed E-state index contributed by atoms with van der Waals surface area (Å²) in [5.41, 5.74) is 6.51. The molecule has 0 aromatic heterocycles. The van der Waals surface area contributed by atoms with Crippen LogP contribution in [0.5, 0.6) is 0 Å². The maximum atomic E-state index is 13.7. The van der Waals surface area contributed by atoms with Crippen molar-refractivity contribution in [3.63, 3.8) is 0 Å². The van der Waals surface area contributed by atoms with Crippen LogP contribution in [0.25, 0.3) is 11.1 Å². The van der Waals surface area contributed by atoms with Crippen molar-refractivity contribution in [2.24, 2.45) is 21.8 Å². The summed E-state index contributed by atoms with van der Waals surface area (Å²) in [7, 11) is 2.18. The van der Waals surface area contributed by atoms with Gasteiger partial charge in [-0.1, -0.05) is 83.5 Å². The van der Waals surface area contributed by atoms with E-state index < -0.39 is 5.72 Å². The lowest BCUT2D eigenvalue weighted by Crippen LogP contribution is -2.22. The van der Waals surface area contributed by atoms with Gasteiger partial charge in [0.05, 0.1) is 6.54 Å². The Kier molecular flexibility index (Phi) is 13.9. The zero-order chi connectivity index (χ0) is 29.5. The number of carbonyl (C=O) groups excluding carboxylic acids is 1. The van der Waals surface area contributed by atoms with E-state index in [1.165, 1.54) is 38.3 Å². The lowest BCUT2D eigenvalue weighted by Gasteiger charge is -2.19. The molecule has 3 aliphatic rings. The standard InChI is InChI=1S/C15H13FN2O.C9H13NO.C6H13N.C3H8/c1-15(17-10-18-19-15)12-8-6-11(7-9-12)13-4-2-3-5-14(13)16;1-7(2)9-5-8(3-4-11)6-10-9;1-6-3-4-7(2)5-6;1-3-2/h2-10H,1H3,(H,17,18);4-5,7H,3,6H2,1-2H3;6H,3-5H2,1-2H3;3H2,1-2H3. The van der Waals surface area contributed by atoms with Gasteiger partial charge in [-0.3, -0.25) is 10.5 Å². The molecule has 2 unspecified atom stereocenters. The van der Waals surface area contributed by atoms with Crippen molar-refractivity contribution >= 4 is 18.3 Å². The quantitative estimate of drug-likeness (QED) is 0.399. The number of halogens is 1. The van der Waals surface area contributed by atoms with Gasteiger partial charge in [0.2, 0.25) is 5.72 Å². The predicted molar refractivity (Wildman–Crippen MR) is 165 cm³/mol. The minimum Gasteiger partial charge on any atom is -0.306 e. The van der Waals surface area contributed by atoms with E-state index in [9.17, 15) is 9.18 Å². The molecule has 1 N–H and O–H groups in total. The van der Waals surface area contributed by atoms with E-state index in [4.69, 9.17) is 4.84 Å². The topological polar surface area (TPSA) is 66.3 Å². The van der Waals surface area contributed by atoms with Crippen molar-refractivity contribution in [1.29, 1.82) is 0 Å². The van der Waals surface area contributed by atoms with Gasteiger partial charge >= 0.3 is 0 Å². The molecule has 218 valence electrons. The molecular weight excluding hydrogens is 503 g/mol. The van der Waals surface area contributed by atoms with Gasteiger partial charge in [0, 0.05) is 29.8 Å². The van der Waals surface area contributed by atoms with Gasteiger partial charge in [0.15, 0.2) is 0 Å². The lowest BCUT2D eigenvalue weighted by molar-refractivity contribution is -0.107. The van der Waals surface area contributed by atoms with Gasteiger partial charge in [-0.15, -0.1) is 0 Å². The van der Waals surface area contributed by atoms with Gasteiger partial charge in [0.25, 0.3) is 0 Å². The molecule has 0 saturated carbocycles. The number of nitrogens with zero attached hydrogens (tertiary/aromatic N) is 3. The first-order valence-corrected chi connectivity index (χ1v) is 14.3. The summed E-state index contributed by atoms with van der Waals surface area (Å²) in [5.74, 6) is 1.21. The molecule has 40 heavy (non-hydrogen) atoms. The number of nitrogens with one attached hydrogen (secondary N) is 1. The van der Waals surface area contributed by atoms with Crippen LogP contribution in [0.2, 0.25) is 0 Å². The summed E-state index contributed by atoms with van der Waals surface area (Å²) < 4.78 is 13.7. The van der Waals surface area contributed by atoms with Crippen molar-refractivity contribution in [3.05, 3.63) is 71.6 Å². The number of carbonyl (C=O) groups is 1. The molecule has 0 radical (unpaired) electrons. The average Bonchev–Trinajstić information content (AvgIpc) is 3.68. The largest absolute Gasteiger partial charge is 0.306 e. The predicted octanol–water partition coefficient (Wildman–Crippen LogP) is 7.22. The molecule has 0 aliphatic carbocycles. The molecule has 0 amide bonds. The van der Waals surface area contributed by atoms with E-state index in [1.54, 1.807) is 12.1 Å². The smallest absolute Gasteiger partial charge is 0.209 e.